The molecule has 1 aromatic heterocycles. The Balaban J connectivity index is 2.77. The number of aromatic carboxylic acids is 1. The van der Waals surface area contributed by atoms with Gasteiger partial charge >= 0.3 is 11.7 Å². The van der Waals surface area contributed by atoms with Crippen LogP contribution in [0.25, 0.3) is 11.3 Å². The Bertz CT molecular complexity index is 679. The molecule has 0 atom stereocenters. The van der Waals surface area contributed by atoms with Crippen LogP contribution in [0.1, 0.15) is 16.1 Å². The average molecular weight is 265 g/mol. The van der Waals surface area contributed by atoms with Crippen LogP contribution in [-0.4, -0.2) is 21.0 Å². The van der Waals surface area contributed by atoms with Gasteiger partial charge < -0.3 is 10.1 Å². The Morgan fingerprint density at radius 1 is 1.44 bits per heavy atom. The molecule has 0 aliphatic heterocycles. The third-order valence-electron chi connectivity index (χ3n) is 2.43. The summed E-state index contributed by atoms with van der Waals surface area (Å²) in [6.07, 6.45) is 0. The van der Waals surface area contributed by atoms with E-state index in [0.29, 0.717) is 10.6 Å². The molecule has 0 saturated carbocycles. The van der Waals surface area contributed by atoms with Crippen LogP contribution in [0.15, 0.2) is 29.1 Å². The zero-order chi connectivity index (χ0) is 13.3. The van der Waals surface area contributed by atoms with Crippen molar-refractivity contribution in [1.82, 2.24) is 9.97 Å². The summed E-state index contributed by atoms with van der Waals surface area (Å²) in [7, 11) is 0. The summed E-state index contributed by atoms with van der Waals surface area (Å²) in [5.74, 6) is -1.15. The third kappa shape index (κ3) is 2.26. The van der Waals surface area contributed by atoms with Crippen LogP contribution >= 0.6 is 11.6 Å². The van der Waals surface area contributed by atoms with E-state index in [1.807, 2.05) is 0 Å². The first kappa shape index (κ1) is 12.3. The van der Waals surface area contributed by atoms with Crippen molar-refractivity contribution in [2.24, 2.45) is 0 Å². The monoisotopic (exact) mass is 264 g/mol. The molecule has 2 rings (SSSR count). The van der Waals surface area contributed by atoms with Crippen molar-refractivity contribution in [3.8, 4) is 11.3 Å². The number of aromatic amines is 1. The van der Waals surface area contributed by atoms with Gasteiger partial charge in [0.05, 0.1) is 5.69 Å². The topological polar surface area (TPSA) is 83.0 Å². The Morgan fingerprint density at radius 2 is 2.17 bits per heavy atom. The first-order valence-corrected chi connectivity index (χ1v) is 5.47. The average Bonchev–Trinajstić information content (AvgIpc) is 2.27. The van der Waals surface area contributed by atoms with Crippen molar-refractivity contribution in [1.29, 1.82) is 0 Å². The number of carboxylic acids is 1. The standard InChI is InChI=1S/C12H9ClN2O3/c1-6-9(11(16)17)10(15-12(18)14-6)7-3-2-4-8(13)5-7/h2-5H,1H3,(H,16,17)(H,14,15,18). The molecule has 0 spiro atoms. The number of aromatic nitrogens is 2. The number of rotatable bonds is 2. The molecular weight excluding hydrogens is 256 g/mol. The fourth-order valence-electron chi connectivity index (χ4n) is 1.69. The van der Waals surface area contributed by atoms with Crippen molar-refractivity contribution >= 4 is 17.6 Å². The summed E-state index contributed by atoms with van der Waals surface area (Å²) in [5.41, 5.74) is 0.252. The summed E-state index contributed by atoms with van der Waals surface area (Å²) in [4.78, 5) is 28.6. The van der Waals surface area contributed by atoms with Crippen LogP contribution in [0, 0.1) is 6.92 Å². The van der Waals surface area contributed by atoms with Gasteiger partial charge in [0.1, 0.15) is 5.56 Å². The largest absolute Gasteiger partial charge is 0.478 e. The van der Waals surface area contributed by atoms with Gasteiger partial charge in [-0.15, -0.1) is 0 Å². The highest BCUT2D eigenvalue weighted by Gasteiger charge is 2.17. The van der Waals surface area contributed by atoms with E-state index in [1.54, 1.807) is 24.3 Å². The lowest BCUT2D eigenvalue weighted by molar-refractivity contribution is 0.0696. The maximum absolute atomic E-state index is 11.4. The van der Waals surface area contributed by atoms with E-state index < -0.39 is 11.7 Å². The van der Waals surface area contributed by atoms with Crippen molar-refractivity contribution in [2.45, 2.75) is 6.92 Å². The number of hydrogen-bond donors (Lipinski definition) is 2. The van der Waals surface area contributed by atoms with Gasteiger partial charge in [-0.05, 0) is 19.1 Å². The second-order valence-corrected chi connectivity index (χ2v) is 4.14. The fourth-order valence-corrected chi connectivity index (χ4v) is 1.88. The molecule has 1 aromatic carbocycles. The molecule has 0 aliphatic rings. The minimum atomic E-state index is -1.15. The Labute approximate surface area is 107 Å². The minimum Gasteiger partial charge on any atom is -0.478 e. The lowest BCUT2D eigenvalue weighted by atomic mass is 10.1. The fraction of sp³-hybridized carbons (Fsp3) is 0.0833. The number of halogens is 1. The van der Waals surface area contributed by atoms with Crippen LogP contribution in [-0.2, 0) is 0 Å². The molecule has 0 aliphatic carbocycles. The maximum atomic E-state index is 11.4. The van der Waals surface area contributed by atoms with Crippen LogP contribution in [0.2, 0.25) is 5.02 Å². The van der Waals surface area contributed by atoms with Crippen LogP contribution in [0.4, 0.5) is 0 Å². The lowest BCUT2D eigenvalue weighted by Crippen LogP contribution is -2.18. The molecule has 2 aromatic rings. The number of hydrogen-bond acceptors (Lipinski definition) is 3. The highest BCUT2D eigenvalue weighted by molar-refractivity contribution is 6.30. The molecule has 5 nitrogen and oxygen atoms in total. The number of aryl methyl sites for hydroxylation is 1. The highest BCUT2D eigenvalue weighted by atomic mass is 35.5. The smallest absolute Gasteiger partial charge is 0.345 e. The summed E-state index contributed by atoms with van der Waals surface area (Å²) in [6, 6.07) is 6.54. The van der Waals surface area contributed by atoms with Crippen LogP contribution in [0.3, 0.4) is 0 Å². The van der Waals surface area contributed by atoms with Gasteiger partial charge in [0.25, 0.3) is 0 Å². The van der Waals surface area contributed by atoms with Crippen molar-refractivity contribution in [3.05, 3.63) is 51.0 Å². The first-order chi connectivity index (χ1) is 8.49. The predicted octanol–water partition coefficient (Wildman–Crippen LogP) is 2.10. The molecule has 92 valence electrons. The number of nitrogens with zero attached hydrogens (tertiary/aromatic N) is 1. The molecule has 0 fully saturated rings. The van der Waals surface area contributed by atoms with Crippen LogP contribution < -0.4 is 5.69 Å². The Morgan fingerprint density at radius 3 is 2.78 bits per heavy atom. The highest BCUT2D eigenvalue weighted by Crippen LogP contribution is 2.24. The van der Waals surface area contributed by atoms with E-state index >= 15 is 0 Å². The number of H-pyrrole nitrogens is 1. The van der Waals surface area contributed by atoms with Gasteiger partial charge in [-0.25, -0.2) is 9.59 Å². The Kier molecular flexibility index (Phi) is 3.16. The van der Waals surface area contributed by atoms with Gasteiger partial charge in [0.2, 0.25) is 0 Å². The van der Waals surface area contributed by atoms with Crippen molar-refractivity contribution in [3.63, 3.8) is 0 Å². The normalized spacial score (nSPS) is 10.3. The molecule has 6 heteroatoms. The number of carbonyl (C=O) groups is 1. The third-order valence-corrected chi connectivity index (χ3v) is 2.67. The molecule has 2 N–H and O–H groups in total. The van der Waals surface area contributed by atoms with E-state index in [1.165, 1.54) is 6.92 Å². The molecular formula is C12H9ClN2O3. The van der Waals surface area contributed by atoms with E-state index in [2.05, 4.69) is 9.97 Å². The second kappa shape index (κ2) is 4.62. The first-order valence-electron chi connectivity index (χ1n) is 5.09. The molecule has 18 heavy (non-hydrogen) atoms. The number of carboxylic acid groups (broad SMARTS) is 1. The van der Waals surface area contributed by atoms with E-state index in [-0.39, 0.29) is 17.0 Å². The summed E-state index contributed by atoms with van der Waals surface area (Å²) in [5, 5.41) is 9.62. The van der Waals surface area contributed by atoms with E-state index in [0.717, 1.165) is 0 Å². The van der Waals surface area contributed by atoms with E-state index in [9.17, 15) is 14.7 Å². The SMILES string of the molecule is Cc1[nH]c(=O)nc(-c2cccc(Cl)c2)c1C(=O)O. The molecule has 0 saturated heterocycles. The summed E-state index contributed by atoms with van der Waals surface area (Å²) < 4.78 is 0. The zero-order valence-corrected chi connectivity index (χ0v) is 10.2. The Hall–Kier alpha value is -2.14. The minimum absolute atomic E-state index is 0.0307. The maximum Gasteiger partial charge on any atom is 0.345 e. The predicted molar refractivity (Wildman–Crippen MR) is 67.0 cm³/mol. The van der Waals surface area contributed by atoms with Gasteiger partial charge in [0.15, 0.2) is 0 Å². The van der Waals surface area contributed by atoms with Gasteiger partial charge in [0, 0.05) is 16.3 Å². The molecule has 0 amide bonds. The summed E-state index contributed by atoms with van der Waals surface area (Å²) >= 11 is 5.85. The molecule has 0 radical (unpaired) electrons. The van der Waals surface area contributed by atoms with Crippen LogP contribution in [0.5, 0.6) is 0 Å². The molecule has 0 bridgehead atoms. The second-order valence-electron chi connectivity index (χ2n) is 3.71. The number of nitrogens with one attached hydrogen (secondary N) is 1. The van der Waals surface area contributed by atoms with Crippen molar-refractivity contribution in [2.75, 3.05) is 0 Å². The summed E-state index contributed by atoms with van der Waals surface area (Å²) in [6.45, 7) is 1.51. The molecule has 1 heterocycles. The van der Waals surface area contributed by atoms with Gasteiger partial charge in [-0.1, -0.05) is 23.7 Å². The quantitative estimate of drug-likeness (QED) is 0.870. The lowest BCUT2D eigenvalue weighted by Gasteiger charge is -2.07. The van der Waals surface area contributed by atoms with E-state index in [4.69, 9.17) is 11.6 Å². The van der Waals surface area contributed by atoms with Gasteiger partial charge in [-0.2, -0.15) is 4.98 Å². The zero-order valence-electron chi connectivity index (χ0n) is 9.40. The van der Waals surface area contributed by atoms with Gasteiger partial charge in [-0.3, -0.25) is 0 Å². The molecule has 0 unspecified atom stereocenters. The van der Waals surface area contributed by atoms with Crippen molar-refractivity contribution < 1.29 is 9.90 Å². The number of benzene rings is 1.